The molecule has 0 radical (unpaired) electrons. The van der Waals surface area contributed by atoms with Crippen LogP contribution < -0.4 is 0 Å². The van der Waals surface area contributed by atoms with Gasteiger partial charge in [0.25, 0.3) is 0 Å². The van der Waals surface area contributed by atoms with Crippen molar-refractivity contribution in [2.45, 2.75) is 19.7 Å². The summed E-state index contributed by atoms with van der Waals surface area (Å²) >= 11 is 5.77. The van der Waals surface area contributed by atoms with Crippen LogP contribution in [0.1, 0.15) is 16.7 Å². The van der Waals surface area contributed by atoms with Gasteiger partial charge in [0.2, 0.25) is 0 Å². The molecule has 0 atom stereocenters. The van der Waals surface area contributed by atoms with E-state index in [1.54, 1.807) is 0 Å². The van der Waals surface area contributed by atoms with Crippen LogP contribution in [0.2, 0.25) is 0 Å². The summed E-state index contributed by atoms with van der Waals surface area (Å²) in [5.74, 6) is 0.524. The Morgan fingerprint density at radius 3 is 2.71 bits per heavy atom. The van der Waals surface area contributed by atoms with Gasteiger partial charge in [-0.25, -0.2) is 0 Å². The largest absolute Gasteiger partial charge is 0.256 e. The second-order valence-corrected chi connectivity index (χ2v) is 3.90. The molecule has 14 heavy (non-hydrogen) atoms. The standard InChI is InChI=1S/C12H12ClN/c1-8-3-9(2)12-11(4-8)5-10(6-13)7-14-12/h3-5,7H,6H2,1-2H3. The molecule has 2 heteroatoms. The molecule has 0 spiro atoms. The summed E-state index contributed by atoms with van der Waals surface area (Å²) in [5, 5.41) is 1.18. The lowest BCUT2D eigenvalue weighted by molar-refractivity contribution is 1.28. The molecule has 1 nitrogen and oxygen atoms in total. The van der Waals surface area contributed by atoms with E-state index in [0.717, 1.165) is 11.1 Å². The average molecular weight is 206 g/mol. The van der Waals surface area contributed by atoms with E-state index < -0.39 is 0 Å². The van der Waals surface area contributed by atoms with Crippen LogP contribution in [0.4, 0.5) is 0 Å². The number of hydrogen-bond donors (Lipinski definition) is 0. The lowest BCUT2D eigenvalue weighted by atomic mass is 10.1. The molecular weight excluding hydrogens is 194 g/mol. The van der Waals surface area contributed by atoms with Gasteiger partial charge in [0, 0.05) is 17.5 Å². The number of fused-ring (bicyclic) bond motifs is 1. The summed E-state index contributed by atoms with van der Waals surface area (Å²) in [4.78, 5) is 4.41. The van der Waals surface area contributed by atoms with Gasteiger partial charge in [-0.15, -0.1) is 11.6 Å². The van der Waals surface area contributed by atoms with Crippen LogP contribution in [0.5, 0.6) is 0 Å². The van der Waals surface area contributed by atoms with Crippen LogP contribution in [0, 0.1) is 13.8 Å². The highest BCUT2D eigenvalue weighted by Gasteiger charge is 2.01. The van der Waals surface area contributed by atoms with Gasteiger partial charge in [0.15, 0.2) is 0 Å². The van der Waals surface area contributed by atoms with Gasteiger partial charge >= 0.3 is 0 Å². The number of pyridine rings is 1. The summed E-state index contributed by atoms with van der Waals surface area (Å²) in [6, 6.07) is 6.40. The predicted molar refractivity (Wildman–Crippen MR) is 60.8 cm³/mol. The van der Waals surface area contributed by atoms with Crippen molar-refractivity contribution >= 4 is 22.5 Å². The number of benzene rings is 1. The molecule has 0 aliphatic rings. The first-order valence-corrected chi connectivity index (χ1v) is 5.16. The highest BCUT2D eigenvalue weighted by molar-refractivity contribution is 6.17. The van der Waals surface area contributed by atoms with Crippen molar-refractivity contribution in [2.75, 3.05) is 0 Å². The maximum atomic E-state index is 5.77. The normalized spacial score (nSPS) is 10.8. The van der Waals surface area contributed by atoms with E-state index in [4.69, 9.17) is 11.6 Å². The van der Waals surface area contributed by atoms with Gasteiger partial charge < -0.3 is 0 Å². The molecule has 72 valence electrons. The highest BCUT2D eigenvalue weighted by Crippen LogP contribution is 2.19. The van der Waals surface area contributed by atoms with E-state index in [1.807, 2.05) is 6.20 Å². The molecule has 0 aliphatic heterocycles. The monoisotopic (exact) mass is 205 g/mol. The van der Waals surface area contributed by atoms with E-state index in [0.29, 0.717) is 5.88 Å². The third-order valence-corrected chi connectivity index (χ3v) is 2.64. The van der Waals surface area contributed by atoms with Crippen LogP contribution in [-0.2, 0) is 5.88 Å². The van der Waals surface area contributed by atoms with Crippen molar-refractivity contribution < 1.29 is 0 Å². The van der Waals surface area contributed by atoms with E-state index in [1.165, 1.54) is 16.5 Å². The SMILES string of the molecule is Cc1cc(C)c2ncc(CCl)cc2c1. The molecule has 0 saturated heterocycles. The van der Waals surface area contributed by atoms with Gasteiger partial charge in [-0.1, -0.05) is 11.6 Å². The topological polar surface area (TPSA) is 12.9 Å². The zero-order valence-corrected chi connectivity index (χ0v) is 9.10. The number of nitrogens with zero attached hydrogens (tertiary/aromatic N) is 1. The van der Waals surface area contributed by atoms with Crippen LogP contribution in [0.25, 0.3) is 10.9 Å². The molecule has 0 N–H and O–H groups in total. The third kappa shape index (κ3) is 1.60. The zero-order valence-electron chi connectivity index (χ0n) is 8.34. The van der Waals surface area contributed by atoms with Gasteiger partial charge in [0.1, 0.15) is 0 Å². The minimum Gasteiger partial charge on any atom is -0.256 e. The summed E-state index contributed by atoms with van der Waals surface area (Å²) in [6.45, 7) is 4.18. The fraction of sp³-hybridized carbons (Fsp3) is 0.250. The fourth-order valence-corrected chi connectivity index (χ4v) is 1.88. The third-order valence-electron chi connectivity index (χ3n) is 2.33. The number of aryl methyl sites for hydroxylation is 2. The predicted octanol–water partition coefficient (Wildman–Crippen LogP) is 3.59. The van der Waals surface area contributed by atoms with Crippen LogP contribution in [-0.4, -0.2) is 4.98 Å². The lowest BCUT2D eigenvalue weighted by Crippen LogP contribution is -1.88. The molecule has 0 bridgehead atoms. The number of hydrogen-bond acceptors (Lipinski definition) is 1. The van der Waals surface area contributed by atoms with Crippen molar-refractivity contribution in [3.05, 3.63) is 41.1 Å². The second kappa shape index (κ2) is 3.58. The first-order valence-electron chi connectivity index (χ1n) is 4.62. The molecule has 1 aromatic carbocycles. The van der Waals surface area contributed by atoms with E-state index in [-0.39, 0.29) is 0 Å². The Bertz CT molecular complexity index is 477. The van der Waals surface area contributed by atoms with Crippen molar-refractivity contribution in [3.63, 3.8) is 0 Å². The van der Waals surface area contributed by atoms with Crippen LogP contribution in [0.15, 0.2) is 24.4 Å². The smallest absolute Gasteiger partial charge is 0.0731 e. The van der Waals surface area contributed by atoms with Crippen LogP contribution >= 0.6 is 11.6 Å². The molecule has 2 rings (SSSR count). The Morgan fingerprint density at radius 2 is 2.00 bits per heavy atom. The minimum atomic E-state index is 0.524. The molecule has 1 heterocycles. The molecular formula is C12H12ClN. The Kier molecular flexibility index (Phi) is 2.42. The van der Waals surface area contributed by atoms with Crippen molar-refractivity contribution in [1.29, 1.82) is 0 Å². The highest BCUT2D eigenvalue weighted by atomic mass is 35.5. The maximum Gasteiger partial charge on any atom is 0.0731 e. The maximum absolute atomic E-state index is 5.77. The van der Waals surface area contributed by atoms with Crippen molar-refractivity contribution in [1.82, 2.24) is 4.98 Å². The lowest BCUT2D eigenvalue weighted by Gasteiger charge is -2.04. The summed E-state index contributed by atoms with van der Waals surface area (Å²) in [7, 11) is 0. The minimum absolute atomic E-state index is 0.524. The molecule has 2 aromatic rings. The van der Waals surface area contributed by atoms with Gasteiger partial charge in [-0.05, 0) is 37.1 Å². The van der Waals surface area contributed by atoms with Gasteiger partial charge in [0.05, 0.1) is 5.52 Å². The van der Waals surface area contributed by atoms with Gasteiger partial charge in [-0.2, -0.15) is 0 Å². The molecule has 0 amide bonds. The summed E-state index contributed by atoms with van der Waals surface area (Å²) < 4.78 is 0. The second-order valence-electron chi connectivity index (χ2n) is 3.63. The molecule has 0 fully saturated rings. The number of aromatic nitrogens is 1. The molecule has 0 saturated carbocycles. The molecule has 0 aliphatic carbocycles. The Balaban J connectivity index is 2.75. The van der Waals surface area contributed by atoms with Crippen molar-refractivity contribution in [2.24, 2.45) is 0 Å². The Hall–Kier alpha value is -1.08. The van der Waals surface area contributed by atoms with Crippen molar-refractivity contribution in [3.8, 4) is 0 Å². The first kappa shape index (κ1) is 9.47. The number of rotatable bonds is 1. The first-order chi connectivity index (χ1) is 6.70. The zero-order chi connectivity index (χ0) is 10.1. The Morgan fingerprint density at radius 1 is 1.21 bits per heavy atom. The van der Waals surface area contributed by atoms with Crippen LogP contribution in [0.3, 0.4) is 0 Å². The fourth-order valence-electron chi connectivity index (χ4n) is 1.74. The molecule has 0 unspecified atom stereocenters. The van der Waals surface area contributed by atoms with E-state index in [2.05, 4.69) is 37.0 Å². The Labute approximate surface area is 88.7 Å². The number of alkyl halides is 1. The van der Waals surface area contributed by atoms with Gasteiger partial charge in [-0.3, -0.25) is 4.98 Å². The summed E-state index contributed by atoms with van der Waals surface area (Å²) in [5.41, 5.74) is 4.64. The van der Waals surface area contributed by atoms with E-state index in [9.17, 15) is 0 Å². The summed E-state index contributed by atoms with van der Waals surface area (Å²) in [6.07, 6.45) is 1.84. The molecule has 1 aromatic heterocycles. The quantitative estimate of drug-likeness (QED) is 0.649. The van der Waals surface area contributed by atoms with E-state index >= 15 is 0 Å². The number of halogens is 1. The average Bonchev–Trinajstić information content (AvgIpc) is 2.16.